The summed E-state index contributed by atoms with van der Waals surface area (Å²) in [6.07, 6.45) is 0.0627. The van der Waals surface area contributed by atoms with Crippen molar-refractivity contribution < 1.29 is 14.3 Å². The Morgan fingerprint density at radius 2 is 2.14 bits per heavy atom. The van der Waals surface area contributed by atoms with Gasteiger partial charge < -0.3 is 20.2 Å². The molecule has 22 heavy (non-hydrogen) atoms. The molecule has 0 aliphatic heterocycles. The van der Waals surface area contributed by atoms with Crippen molar-refractivity contribution in [3.63, 3.8) is 0 Å². The number of amides is 2. The highest BCUT2D eigenvalue weighted by molar-refractivity contribution is 5.91. The number of anilines is 1. The van der Waals surface area contributed by atoms with E-state index in [2.05, 4.69) is 10.6 Å². The first-order valence-electron chi connectivity index (χ1n) is 7.21. The summed E-state index contributed by atoms with van der Waals surface area (Å²) in [6.45, 7) is 4.23. The highest BCUT2D eigenvalue weighted by Crippen LogP contribution is 2.17. The second-order valence-electron chi connectivity index (χ2n) is 5.59. The maximum atomic E-state index is 11.8. The number of oxazole rings is 1. The molecule has 0 spiro atoms. The van der Waals surface area contributed by atoms with E-state index in [1.54, 1.807) is 25.2 Å². The van der Waals surface area contributed by atoms with E-state index in [0.29, 0.717) is 29.8 Å². The van der Waals surface area contributed by atoms with Gasteiger partial charge in [-0.05, 0) is 24.5 Å². The Labute approximate surface area is 127 Å². The number of urea groups is 1. The first-order valence-corrected chi connectivity index (χ1v) is 7.21. The molecule has 7 heteroatoms. The molecule has 0 aliphatic carbocycles. The third kappa shape index (κ3) is 3.67. The number of rotatable bonds is 5. The van der Waals surface area contributed by atoms with Crippen LogP contribution in [-0.2, 0) is 7.05 Å². The number of hydrogen-bond acceptors (Lipinski definition) is 4. The Balaban J connectivity index is 1.93. The summed E-state index contributed by atoms with van der Waals surface area (Å²) in [5, 5.41) is 15.0. The summed E-state index contributed by atoms with van der Waals surface area (Å²) in [4.78, 5) is 23.2. The zero-order chi connectivity index (χ0) is 16.3. The van der Waals surface area contributed by atoms with Gasteiger partial charge in [0.15, 0.2) is 5.58 Å². The van der Waals surface area contributed by atoms with Crippen molar-refractivity contribution in [3.05, 3.63) is 28.7 Å². The monoisotopic (exact) mass is 307 g/mol. The lowest BCUT2D eigenvalue weighted by molar-refractivity contribution is 0.117. The first-order chi connectivity index (χ1) is 10.4. The van der Waals surface area contributed by atoms with Crippen LogP contribution >= 0.6 is 0 Å². The SMILES string of the molecule is CC(C)C(O)CCNC(=O)Nc1ccc2c(c1)oc(=O)n2C. The molecule has 0 fully saturated rings. The van der Waals surface area contributed by atoms with Crippen molar-refractivity contribution in [2.24, 2.45) is 13.0 Å². The lowest BCUT2D eigenvalue weighted by Gasteiger charge is -2.14. The van der Waals surface area contributed by atoms with Gasteiger partial charge in [0.25, 0.3) is 0 Å². The lowest BCUT2D eigenvalue weighted by Crippen LogP contribution is -2.32. The van der Waals surface area contributed by atoms with E-state index >= 15 is 0 Å². The van der Waals surface area contributed by atoms with Crippen molar-refractivity contribution in [2.45, 2.75) is 26.4 Å². The molecule has 1 unspecified atom stereocenters. The molecule has 1 aromatic carbocycles. The van der Waals surface area contributed by atoms with Gasteiger partial charge in [0, 0.05) is 25.3 Å². The zero-order valence-electron chi connectivity index (χ0n) is 12.9. The number of nitrogens with one attached hydrogen (secondary N) is 2. The molecule has 2 rings (SSSR count). The predicted molar refractivity (Wildman–Crippen MR) is 83.9 cm³/mol. The average molecular weight is 307 g/mol. The molecular weight excluding hydrogens is 286 g/mol. The number of hydrogen-bond donors (Lipinski definition) is 3. The smallest absolute Gasteiger partial charge is 0.408 e. The largest absolute Gasteiger partial charge is 0.419 e. The number of fused-ring (bicyclic) bond motifs is 1. The molecule has 2 aromatic rings. The normalized spacial score (nSPS) is 12.6. The van der Waals surface area contributed by atoms with E-state index in [9.17, 15) is 14.7 Å². The second-order valence-corrected chi connectivity index (χ2v) is 5.59. The molecule has 0 saturated carbocycles. The van der Waals surface area contributed by atoms with Crippen LogP contribution in [0.15, 0.2) is 27.4 Å². The summed E-state index contributed by atoms with van der Waals surface area (Å²) >= 11 is 0. The maximum Gasteiger partial charge on any atom is 0.419 e. The molecule has 1 heterocycles. The van der Waals surface area contributed by atoms with Gasteiger partial charge in [0.1, 0.15) is 0 Å². The summed E-state index contributed by atoms with van der Waals surface area (Å²) in [5.41, 5.74) is 1.61. The number of aryl methyl sites for hydroxylation is 1. The fourth-order valence-electron chi connectivity index (χ4n) is 2.05. The van der Waals surface area contributed by atoms with Gasteiger partial charge in [0.05, 0.1) is 11.6 Å². The number of benzene rings is 1. The quantitative estimate of drug-likeness (QED) is 0.782. The number of aliphatic hydroxyl groups is 1. The van der Waals surface area contributed by atoms with E-state index in [0.717, 1.165) is 0 Å². The average Bonchev–Trinajstić information content (AvgIpc) is 2.73. The highest BCUT2D eigenvalue weighted by Gasteiger charge is 2.10. The third-order valence-electron chi connectivity index (χ3n) is 3.55. The Morgan fingerprint density at radius 1 is 1.41 bits per heavy atom. The fraction of sp³-hybridized carbons (Fsp3) is 0.467. The van der Waals surface area contributed by atoms with Gasteiger partial charge in [-0.1, -0.05) is 13.8 Å². The molecule has 7 nitrogen and oxygen atoms in total. The topological polar surface area (TPSA) is 96.5 Å². The van der Waals surface area contributed by atoms with Crippen LogP contribution in [0.1, 0.15) is 20.3 Å². The Bertz CT molecular complexity index is 717. The van der Waals surface area contributed by atoms with Crippen LogP contribution in [0.3, 0.4) is 0 Å². The minimum absolute atomic E-state index is 0.160. The van der Waals surface area contributed by atoms with Crippen LogP contribution in [0, 0.1) is 5.92 Å². The summed E-state index contributed by atoms with van der Waals surface area (Å²) < 4.78 is 6.46. The molecule has 120 valence electrons. The summed E-state index contributed by atoms with van der Waals surface area (Å²) in [5.74, 6) is -0.285. The Morgan fingerprint density at radius 3 is 2.82 bits per heavy atom. The lowest BCUT2D eigenvalue weighted by atomic mass is 10.0. The van der Waals surface area contributed by atoms with Crippen molar-refractivity contribution in [1.82, 2.24) is 9.88 Å². The van der Waals surface area contributed by atoms with Crippen LogP contribution in [0.5, 0.6) is 0 Å². The maximum absolute atomic E-state index is 11.8. The fourth-order valence-corrected chi connectivity index (χ4v) is 2.05. The number of nitrogens with zero attached hydrogens (tertiary/aromatic N) is 1. The number of aromatic nitrogens is 1. The van der Waals surface area contributed by atoms with Gasteiger partial charge in [-0.3, -0.25) is 4.57 Å². The van der Waals surface area contributed by atoms with Crippen molar-refractivity contribution in [2.75, 3.05) is 11.9 Å². The number of carbonyl (C=O) groups is 1. The molecule has 3 N–H and O–H groups in total. The van der Waals surface area contributed by atoms with Gasteiger partial charge in [0.2, 0.25) is 0 Å². The minimum atomic E-state index is -0.445. The Hall–Kier alpha value is -2.28. The second kappa shape index (κ2) is 6.65. The molecule has 1 aromatic heterocycles. The first kappa shape index (κ1) is 16.1. The molecule has 0 aliphatic rings. The van der Waals surface area contributed by atoms with Crippen molar-refractivity contribution in [3.8, 4) is 0 Å². The van der Waals surface area contributed by atoms with Crippen molar-refractivity contribution in [1.29, 1.82) is 0 Å². The van der Waals surface area contributed by atoms with E-state index in [1.807, 2.05) is 13.8 Å². The van der Waals surface area contributed by atoms with Crippen molar-refractivity contribution >= 4 is 22.8 Å². The van der Waals surface area contributed by atoms with Gasteiger partial charge in [-0.15, -0.1) is 0 Å². The summed E-state index contributed by atoms with van der Waals surface area (Å²) in [7, 11) is 1.62. The summed E-state index contributed by atoms with van der Waals surface area (Å²) in [6, 6.07) is 4.63. The Kier molecular flexibility index (Phi) is 4.87. The molecule has 1 atom stereocenters. The van der Waals surface area contributed by atoms with Crippen LogP contribution in [0.25, 0.3) is 11.1 Å². The van der Waals surface area contributed by atoms with Gasteiger partial charge >= 0.3 is 11.8 Å². The molecule has 2 amide bonds. The van der Waals surface area contributed by atoms with Crippen LogP contribution in [0.2, 0.25) is 0 Å². The molecule has 0 radical (unpaired) electrons. The third-order valence-corrected chi connectivity index (χ3v) is 3.55. The van der Waals surface area contributed by atoms with E-state index in [1.165, 1.54) is 4.57 Å². The van der Waals surface area contributed by atoms with Crippen LogP contribution in [-0.4, -0.2) is 28.4 Å². The molecule has 0 bridgehead atoms. The van der Waals surface area contributed by atoms with E-state index in [4.69, 9.17) is 4.42 Å². The molecular formula is C15H21N3O4. The van der Waals surface area contributed by atoms with E-state index < -0.39 is 11.9 Å². The van der Waals surface area contributed by atoms with Gasteiger partial charge in [-0.25, -0.2) is 9.59 Å². The standard InChI is InChI=1S/C15H21N3O4/c1-9(2)12(19)6-7-16-14(20)17-10-4-5-11-13(8-10)22-15(21)18(11)3/h4-5,8-9,12,19H,6-7H2,1-3H3,(H2,16,17,20). The van der Waals surface area contributed by atoms with Gasteiger partial charge in [-0.2, -0.15) is 0 Å². The number of carbonyl (C=O) groups excluding carboxylic acids is 1. The number of aliphatic hydroxyl groups excluding tert-OH is 1. The van der Waals surface area contributed by atoms with E-state index in [-0.39, 0.29) is 11.9 Å². The van der Waals surface area contributed by atoms with Crippen LogP contribution in [0.4, 0.5) is 10.5 Å². The highest BCUT2D eigenvalue weighted by atomic mass is 16.4. The van der Waals surface area contributed by atoms with Crippen LogP contribution < -0.4 is 16.4 Å². The minimum Gasteiger partial charge on any atom is -0.408 e. The predicted octanol–water partition coefficient (Wildman–Crippen LogP) is 1.66. The zero-order valence-corrected chi connectivity index (χ0v) is 12.9. The molecule has 0 saturated heterocycles.